The van der Waals surface area contributed by atoms with Gasteiger partial charge in [0.05, 0.1) is 17.0 Å². The van der Waals surface area contributed by atoms with E-state index in [1.807, 2.05) is 17.5 Å². The zero-order valence-electron chi connectivity index (χ0n) is 17.5. The number of nitrogens with zero attached hydrogens (tertiary/aromatic N) is 2. The van der Waals surface area contributed by atoms with E-state index in [9.17, 15) is 18.0 Å². The van der Waals surface area contributed by atoms with Crippen LogP contribution in [0.4, 0.5) is 0 Å². The molecule has 1 amide bonds. The number of amides is 1. The van der Waals surface area contributed by atoms with E-state index in [1.54, 1.807) is 36.2 Å². The second-order valence-corrected chi connectivity index (χ2v) is 10.6. The van der Waals surface area contributed by atoms with Crippen LogP contribution >= 0.6 is 11.3 Å². The Morgan fingerprint density at radius 1 is 1.16 bits per heavy atom. The van der Waals surface area contributed by atoms with Crippen LogP contribution < -0.4 is 5.56 Å². The molecule has 0 radical (unpaired) electrons. The zero-order valence-corrected chi connectivity index (χ0v) is 19.1. The van der Waals surface area contributed by atoms with Crippen molar-refractivity contribution in [2.45, 2.75) is 44.2 Å². The van der Waals surface area contributed by atoms with Crippen molar-refractivity contribution in [2.24, 2.45) is 0 Å². The molecule has 1 aromatic carbocycles. The normalized spacial score (nSPS) is 14.3. The van der Waals surface area contributed by atoms with Gasteiger partial charge in [-0.25, -0.2) is 8.42 Å². The van der Waals surface area contributed by atoms with Crippen LogP contribution in [0.15, 0.2) is 51.5 Å². The van der Waals surface area contributed by atoms with E-state index >= 15 is 0 Å². The predicted octanol–water partition coefficient (Wildman–Crippen LogP) is 3.42. The molecular formula is C22H25N3O4S2. The van der Waals surface area contributed by atoms with Crippen molar-refractivity contribution in [2.75, 3.05) is 13.1 Å². The molecule has 0 bridgehead atoms. The first kappa shape index (κ1) is 21.7. The van der Waals surface area contributed by atoms with E-state index in [1.165, 1.54) is 22.5 Å². The van der Waals surface area contributed by atoms with Crippen LogP contribution in [-0.4, -0.2) is 47.6 Å². The number of thiophene rings is 1. The lowest BCUT2D eigenvalue weighted by atomic mass is 10.1. The van der Waals surface area contributed by atoms with Crippen LogP contribution in [0.2, 0.25) is 0 Å². The molecule has 2 aromatic heterocycles. The molecular weight excluding hydrogens is 434 g/mol. The molecule has 0 spiro atoms. The fraction of sp³-hybridized carbons (Fsp3) is 0.364. The lowest BCUT2D eigenvalue weighted by molar-refractivity contribution is 0.0733. The summed E-state index contributed by atoms with van der Waals surface area (Å²) >= 11 is 1.58. The van der Waals surface area contributed by atoms with Crippen molar-refractivity contribution in [1.82, 2.24) is 14.2 Å². The number of nitrogens with one attached hydrogen (secondary N) is 1. The highest BCUT2D eigenvalue weighted by atomic mass is 32.2. The minimum absolute atomic E-state index is 0.112. The number of hydrogen-bond acceptors (Lipinski definition) is 5. The number of hydrogen-bond donors (Lipinski definition) is 1. The van der Waals surface area contributed by atoms with Gasteiger partial charge in [0.2, 0.25) is 15.6 Å². The van der Waals surface area contributed by atoms with Gasteiger partial charge in [0, 0.05) is 41.0 Å². The molecule has 0 aliphatic heterocycles. The zero-order chi connectivity index (χ0) is 22.2. The molecule has 0 saturated heterocycles. The van der Waals surface area contributed by atoms with Gasteiger partial charge in [0.25, 0.3) is 5.91 Å². The average Bonchev–Trinajstić information content (AvgIpc) is 3.46. The summed E-state index contributed by atoms with van der Waals surface area (Å²) in [5, 5.41) is 2.41. The maximum atomic E-state index is 13.5. The SMILES string of the molecule is CCN(CC)S(=O)(=O)c1ccc2[nH]c(=O)cc(C(=O)N(Cc3cccs3)C3CC3)c2c1. The lowest BCUT2D eigenvalue weighted by Crippen LogP contribution is -2.33. The van der Waals surface area contributed by atoms with Crippen molar-refractivity contribution in [1.29, 1.82) is 0 Å². The number of pyridine rings is 1. The van der Waals surface area contributed by atoms with Gasteiger partial charge in [-0.05, 0) is 42.5 Å². The summed E-state index contributed by atoms with van der Waals surface area (Å²) in [5.41, 5.74) is 0.294. The number of H-pyrrole nitrogens is 1. The number of fused-ring (bicyclic) bond motifs is 1. The first-order valence-corrected chi connectivity index (χ1v) is 12.7. The third-order valence-corrected chi connectivity index (χ3v) is 8.45. The van der Waals surface area contributed by atoms with E-state index in [0.29, 0.717) is 30.5 Å². The van der Waals surface area contributed by atoms with Crippen LogP contribution in [0.25, 0.3) is 10.9 Å². The molecule has 1 fully saturated rings. The van der Waals surface area contributed by atoms with Crippen molar-refractivity contribution in [3.63, 3.8) is 0 Å². The molecule has 1 N–H and O–H groups in total. The number of carbonyl (C=O) groups is 1. The molecule has 9 heteroatoms. The van der Waals surface area contributed by atoms with Crippen molar-refractivity contribution in [3.8, 4) is 0 Å². The summed E-state index contributed by atoms with van der Waals surface area (Å²) in [6.07, 6.45) is 1.86. The minimum Gasteiger partial charge on any atom is -0.330 e. The molecule has 2 heterocycles. The van der Waals surface area contributed by atoms with Crippen LogP contribution in [0, 0.1) is 0 Å². The van der Waals surface area contributed by atoms with Crippen molar-refractivity contribution in [3.05, 3.63) is 62.6 Å². The highest BCUT2D eigenvalue weighted by Crippen LogP contribution is 2.32. The van der Waals surface area contributed by atoms with Crippen molar-refractivity contribution < 1.29 is 13.2 Å². The van der Waals surface area contributed by atoms with E-state index in [2.05, 4.69) is 4.98 Å². The van der Waals surface area contributed by atoms with Gasteiger partial charge in [-0.3, -0.25) is 9.59 Å². The van der Waals surface area contributed by atoms with Crippen LogP contribution in [0.1, 0.15) is 41.9 Å². The summed E-state index contributed by atoms with van der Waals surface area (Å²) in [4.78, 5) is 31.5. The Kier molecular flexibility index (Phi) is 6.00. The molecule has 31 heavy (non-hydrogen) atoms. The molecule has 1 saturated carbocycles. The second kappa shape index (κ2) is 8.57. The van der Waals surface area contributed by atoms with E-state index in [4.69, 9.17) is 0 Å². The third kappa shape index (κ3) is 4.30. The molecule has 4 rings (SSSR count). The first-order valence-electron chi connectivity index (χ1n) is 10.4. The second-order valence-electron chi connectivity index (χ2n) is 7.59. The first-order chi connectivity index (χ1) is 14.8. The van der Waals surface area contributed by atoms with Crippen LogP contribution in [0.5, 0.6) is 0 Å². The van der Waals surface area contributed by atoms with Gasteiger partial charge in [-0.1, -0.05) is 19.9 Å². The molecule has 164 valence electrons. The summed E-state index contributed by atoms with van der Waals surface area (Å²) < 4.78 is 27.4. The number of sulfonamides is 1. The van der Waals surface area contributed by atoms with Crippen LogP contribution in [0.3, 0.4) is 0 Å². The number of carbonyl (C=O) groups excluding carboxylic acids is 1. The van der Waals surface area contributed by atoms with Gasteiger partial charge >= 0.3 is 0 Å². The highest BCUT2D eigenvalue weighted by Gasteiger charge is 2.34. The predicted molar refractivity (Wildman–Crippen MR) is 122 cm³/mol. The minimum atomic E-state index is -3.69. The van der Waals surface area contributed by atoms with E-state index in [0.717, 1.165) is 17.7 Å². The van der Waals surface area contributed by atoms with E-state index < -0.39 is 10.0 Å². The molecule has 0 unspecified atom stereocenters. The maximum absolute atomic E-state index is 13.5. The fourth-order valence-electron chi connectivity index (χ4n) is 3.76. The van der Waals surface area contributed by atoms with Gasteiger partial charge in [-0.2, -0.15) is 4.31 Å². The molecule has 1 aliphatic rings. The topological polar surface area (TPSA) is 90.5 Å². The number of aromatic amines is 1. The Morgan fingerprint density at radius 2 is 1.90 bits per heavy atom. The number of benzene rings is 1. The Balaban J connectivity index is 1.81. The Bertz CT molecular complexity index is 1260. The van der Waals surface area contributed by atoms with Gasteiger partial charge < -0.3 is 9.88 Å². The van der Waals surface area contributed by atoms with Gasteiger partial charge in [0.15, 0.2) is 0 Å². The van der Waals surface area contributed by atoms with Crippen molar-refractivity contribution >= 4 is 38.2 Å². The lowest BCUT2D eigenvalue weighted by Gasteiger charge is -2.23. The quantitative estimate of drug-likeness (QED) is 0.559. The largest absolute Gasteiger partial charge is 0.330 e. The maximum Gasteiger partial charge on any atom is 0.255 e. The smallest absolute Gasteiger partial charge is 0.255 e. The number of rotatable bonds is 8. The Labute approximate surface area is 185 Å². The van der Waals surface area contributed by atoms with E-state index in [-0.39, 0.29) is 28.0 Å². The summed E-state index contributed by atoms with van der Waals surface area (Å²) in [6.45, 7) is 4.75. The Morgan fingerprint density at radius 3 is 2.52 bits per heavy atom. The summed E-state index contributed by atoms with van der Waals surface area (Å²) in [6, 6.07) is 9.90. The third-order valence-electron chi connectivity index (χ3n) is 5.54. The van der Waals surface area contributed by atoms with Gasteiger partial charge in [-0.15, -0.1) is 11.3 Å². The molecule has 1 aliphatic carbocycles. The molecule has 0 atom stereocenters. The summed E-state index contributed by atoms with van der Waals surface area (Å²) in [5.74, 6) is -0.246. The molecule has 7 nitrogen and oxygen atoms in total. The number of aromatic nitrogens is 1. The molecule has 3 aromatic rings. The fourth-order valence-corrected chi connectivity index (χ4v) is 5.95. The Hall–Kier alpha value is -2.49. The van der Waals surface area contributed by atoms with Gasteiger partial charge in [0.1, 0.15) is 0 Å². The van der Waals surface area contributed by atoms with Crippen LogP contribution in [-0.2, 0) is 16.6 Å². The monoisotopic (exact) mass is 459 g/mol. The average molecular weight is 460 g/mol. The standard InChI is InChI=1S/C22H25N3O4S2/c1-3-24(4-2)31(28,29)17-9-10-20-18(12-17)19(13-21(26)23-20)22(27)25(15-7-8-15)14-16-6-5-11-30-16/h5-6,9-13,15H,3-4,7-8,14H2,1-2H3,(H,23,26). The summed E-state index contributed by atoms with van der Waals surface area (Å²) in [7, 11) is -3.69. The highest BCUT2D eigenvalue weighted by molar-refractivity contribution is 7.89.